The number of nitrogens with one attached hydrogen (secondary N) is 1. The van der Waals surface area contributed by atoms with Gasteiger partial charge in [0, 0.05) is 59.8 Å². The van der Waals surface area contributed by atoms with Gasteiger partial charge in [-0.05, 0) is 140 Å². The Morgan fingerprint density at radius 2 is 1.60 bits per heavy atom. The number of halogens is 1. The largest absolute Gasteiger partial charge is 0.490 e. The molecule has 6 heterocycles. The lowest BCUT2D eigenvalue weighted by atomic mass is 9.77. The fourth-order valence-corrected chi connectivity index (χ4v) is 10.9. The van der Waals surface area contributed by atoms with E-state index in [1.807, 2.05) is 13.0 Å². The van der Waals surface area contributed by atoms with E-state index in [4.69, 9.17) is 31.3 Å². The molecule has 3 aliphatic heterocycles. The Bertz CT molecular complexity index is 2520. The quantitative estimate of drug-likeness (QED) is 0.145. The van der Waals surface area contributed by atoms with Crippen LogP contribution in [0.2, 0.25) is 5.02 Å². The van der Waals surface area contributed by atoms with E-state index < -0.39 is 0 Å². The Hall–Kier alpha value is -5.36. The molecule has 4 aliphatic rings. The molecule has 9 rings (SSSR count). The van der Waals surface area contributed by atoms with Gasteiger partial charge >= 0.3 is 0 Å². The zero-order chi connectivity index (χ0) is 43.3. The Kier molecular flexibility index (Phi) is 11.6. The highest BCUT2D eigenvalue weighted by atomic mass is 35.5. The summed E-state index contributed by atoms with van der Waals surface area (Å²) in [5.41, 5.74) is 5.27. The third kappa shape index (κ3) is 8.18. The summed E-state index contributed by atoms with van der Waals surface area (Å²) in [7, 11) is 0. The monoisotopic (exact) mass is 872 g/mol. The normalized spacial score (nSPS) is 20.9. The summed E-state index contributed by atoms with van der Waals surface area (Å²) in [4.78, 5) is 24.4. The zero-order valence-electron chi connectivity index (χ0n) is 36.2. The number of aliphatic imine (C=N–C) groups is 1. The standard InChI is InChI=1S/C47H53ClN10O3S/c1-27-29(3)62-46-42(27)43(50-28(2)44-55-52-30(4)58(44)46)31-7-12-35(13-8-31)61-38-25-57(26-38)47(5,6)33-19-21-56(22-20-33)41-18-17-40(53-54-41)45(59)51-34-10-15-36(16-11-34)60-37-14-9-32(24-49)39(48)23-37/h7-9,12-14,17-18,23,28,33-34,36,38H,10-11,15-16,19-22,25-26H2,1-6H3,(H,51,59)/t28-,34?,36?/m0/s1. The van der Waals surface area contributed by atoms with Crippen molar-refractivity contribution < 1.29 is 14.3 Å². The SMILES string of the molecule is Cc1sc2c(c1C)C(c1ccc(OC3CN(C(C)(C)C4CCN(c5ccc(C(=O)NC6CCC(Oc7ccc(C#N)c(Cl)c7)CC6)nn5)CC4)C3)cc1)=N[C@@H](C)c1nnc(C)n1-2. The predicted molar refractivity (Wildman–Crippen MR) is 241 cm³/mol. The molecule has 3 aromatic heterocycles. The first-order valence-electron chi connectivity index (χ1n) is 21.7. The van der Waals surface area contributed by atoms with Crippen LogP contribution in [0, 0.1) is 38.0 Å². The molecule has 13 nitrogen and oxygen atoms in total. The van der Waals surface area contributed by atoms with E-state index in [1.54, 1.807) is 35.6 Å². The summed E-state index contributed by atoms with van der Waals surface area (Å²) in [6.07, 6.45) is 5.50. The van der Waals surface area contributed by atoms with Gasteiger partial charge < -0.3 is 19.7 Å². The van der Waals surface area contributed by atoms with Crippen LogP contribution in [-0.2, 0) is 0 Å². The van der Waals surface area contributed by atoms with Gasteiger partial charge in [0.25, 0.3) is 5.91 Å². The number of benzene rings is 2. The number of ether oxygens (including phenoxy) is 2. The molecule has 0 unspecified atom stereocenters. The number of piperidine rings is 1. The lowest BCUT2D eigenvalue weighted by Gasteiger charge is -2.53. The van der Waals surface area contributed by atoms with Crippen molar-refractivity contribution in [1.82, 2.24) is 35.2 Å². The van der Waals surface area contributed by atoms with Gasteiger partial charge in [0.05, 0.1) is 22.4 Å². The van der Waals surface area contributed by atoms with E-state index in [0.717, 1.165) is 110 Å². The highest BCUT2D eigenvalue weighted by molar-refractivity contribution is 7.15. The Morgan fingerprint density at radius 3 is 2.27 bits per heavy atom. The Morgan fingerprint density at radius 1 is 0.887 bits per heavy atom. The van der Waals surface area contributed by atoms with Crippen molar-refractivity contribution in [2.75, 3.05) is 31.1 Å². The molecule has 322 valence electrons. The van der Waals surface area contributed by atoms with Crippen LogP contribution in [0.3, 0.4) is 0 Å². The molecule has 1 saturated carbocycles. The van der Waals surface area contributed by atoms with Crippen LogP contribution >= 0.6 is 22.9 Å². The van der Waals surface area contributed by atoms with Gasteiger partial charge in [-0.15, -0.1) is 31.7 Å². The predicted octanol–water partition coefficient (Wildman–Crippen LogP) is 8.36. The highest BCUT2D eigenvalue weighted by Gasteiger charge is 2.44. The van der Waals surface area contributed by atoms with Crippen molar-refractivity contribution >= 4 is 40.4 Å². The first-order valence-corrected chi connectivity index (χ1v) is 22.9. The number of hydrogen-bond acceptors (Lipinski definition) is 12. The lowest BCUT2D eigenvalue weighted by molar-refractivity contribution is -0.0688. The molecule has 1 atom stereocenters. The van der Waals surface area contributed by atoms with Gasteiger partial charge in [-0.1, -0.05) is 11.6 Å². The summed E-state index contributed by atoms with van der Waals surface area (Å²) >= 11 is 7.95. The molecule has 1 aliphatic carbocycles. The van der Waals surface area contributed by atoms with Crippen LogP contribution < -0.4 is 19.7 Å². The number of likely N-dealkylation sites (tertiary alicyclic amines) is 1. The number of rotatable bonds is 10. The smallest absolute Gasteiger partial charge is 0.272 e. The minimum atomic E-state index is -0.203. The molecular weight excluding hydrogens is 820 g/mol. The van der Waals surface area contributed by atoms with Crippen molar-refractivity contribution in [2.24, 2.45) is 10.9 Å². The van der Waals surface area contributed by atoms with Crippen LogP contribution in [0.15, 0.2) is 59.6 Å². The number of carbonyl (C=O) groups excluding carboxylic acids is 1. The van der Waals surface area contributed by atoms with E-state index in [0.29, 0.717) is 27.9 Å². The molecule has 1 N–H and O–H groups in total. The number of aromatic nitrogens is 5. The molecule has 0 bridgehead atoms. The fraction of sp³-hybridized carbons (Fsp3) is 0.468. The second kappa shape index (κ2) is 17.1. The molecule has 0 spiro atoms. The third-order valence-electron chi connectivity index (χ3n) is 13.5. The molecular formula is C47H53ClN10O3S. The summed E-state index contributed by atoms with van der Waals surface area (Å²) in [5.74, 6) is 4.43. The van der Waals surface area contributed by atoms with Gasteiger partial charge in [-0.3, -0.25) is 19.3 Å². The minimum Gasteiger partial charge on any atom is -0.490 e. The van der Waals surface area contributed by atoms with E-state index in [-0.39, 0.29) is 35.7 Å². The van der Waals surface area contributed by atoms with Crippen LogP contribution in [0.25, 0.3) is 5.00 Å². The number of nitriles is 1. The zero-order valence-corrected chi connectivity index (χ0v) is 37.8. The van der Waals surface area contributed by atoms with E-state index >= 15 is 0 Å². The van der Waals surface area contributed by atoms with Crippen LogP contribution in [0.1, 0.15) is 115 Å². The number of aryl methyl sites for hydroxylation is 2. The third-order valence-corrected chi connectivity index (χ3v) is 15.0. The number of carbonyl (C=O) groups is 1. The van der Waals surface area contributed by atoms with E-state index in [9.17, 15) is 4.79 Å². The van der Waals surface area contributed by atoms with Crippen molar-refractivity contribution in [1.29, 1.82) is 5.26 Å². The summed E-state index contributed by atoms with van der Waals surface area (Å²) in [6.45, 7) is 16.8. The van der Waals surface area contributed by atoms with Gasteiger partial charge in [0.1, 0.15) is 40.5 Å². The fourth-order valence-electron chi connectivity index (χ4n) is 9.47. The van der Waals surface area contributed by atoms with E-state index in [1.165, 1.54) is 10.4 Å². The molecule has 3 fully saturated rings. The number of thiophene rings is 1. The van der Waals surface area contributed by atoms with Crippen LogP contribution in [0.5, 0.6) is 11.5 Å². The minimum absolute atomic E-state index is 0.0339. The van der Waals surface area contributed by atoms with Gasteiger partial charge in [-0.25, -0.2) is 0 Å². The number of hydrogen-bond donors (Lipinski definition) is 1. The number of fused-ring (bicyclic) bond motifs is 3. The maximum Gasteiger partial charge on any atom is 0.272 e. The number of anilines is 1. The topological polar surface area (TPSA) is 147 Å². The van der Waals surface area contributed by atoms with Gasteiger partial charge in [-0.2, -0.15) is 5.26 Å². The van der Waals surface area contributed by atoms with Gasteiger partial charge in [0.2, 0.25) is 0 Å². The van der Waals surface area contributed by atoms with Crippen molar-refractivity contribution in [3.8, 4) is 22.6 Å². The molecule has 2 saturated heterocycles. The average molecular weight is 874 g/mol. The van der Waals surface area contributed by atoms with Crippen LogP contribution in [0.4, 0.5) is 5.82 Å². The molecule has 5 aromatic rings. The second-order valence-electron chi connectivity index (χ2n) is 17.7. The lowest BCUT2D eigenvalue weighted by Crippen LogP contribution is -2.64. The Balaban J connectivity index is 0.727. The first-order chi connectivity index (χ1) is 29.9. The van der Waals surface area contributed by atoms with Crippen molar-refractivity contribution in [2.45, 2.75) is 110 Å². The molecule has 0 radical (unpaired) electrons. The molecule has 15 heteroatoms. The maximum absolute atomic E-state index is 13.1. The average Bonchev–Trinajstić information content (AvgIpc) is 3.75. The Labute approximate surface area is 372 Å². The summed E-state index contributed by atoms with van der Waals surface area (Å²) in [5, 5.41) is 31.5. The van der Waals surface area contributed by atoms with Crippen molar-refractivity contribution in [3.63, 3.8) is 0 Å². The molecule has 2 aromatic carbocycles. The van der Waals surface area contributed by atoms with Crippen molar-refractivity contribution in [3.05, 3.63) is 104 Å². The molecule has 62 heavy (non-hydrogen) atoms. The summed E-state index contributed by atoms with van der Waals surface area (Å²) in [6, 6.07) is 19.3. The van der Waals surface area contributed by atoms with Crippen LogP contribution in [-0.4, -0.2) is 91.4 Å². The molecule has 1 amide bonds. The first kappa shape index (κ1) is 42.0. The maximum atomic E-state index is 13.1. The van der Waals surface area contributed by atoms with E-state index in [2.05, 4.69) is 105 Å². The number of amides is 1. The highest BCUT2D eigenvalue weighted by Crippen LogP contribution is 2.40. The van der Waals surface area contributed by atoms with Gasteiger partial charge in [0.15, 0.2) is 17.3 Å². The second-order valence-corrected chi connectivity index (χ2v) is 19.3. The summed E-state index contributed by atoms with van der Waals surface area (Å²) < 4.78 is 14.8. The number of nitrogens with zero attached hydrogens (tertiary/aromatic N) is 9.